The zero-order valence-electron chi connectivity index (χ0n) is 12.3. The summed E-state index contributed by atoms with van der Waals surface area (Å²) in [5, 5.41) is 14.3. The minimum absolute atomic E-state index is 0.0168. The Balaban J connectivity index is 1.77. The van der Waals surface area contributed by atoms with Gasteiger partial charge in [0.1, 0.15) is 12.4 Å². The van der Waals surface area contributed by atoms with E-state index in [2.05, 4.69) is 10.1 Å². The summed E-state index contributed by atoms with van der Waals surface area (Å²) in [7, 11) is 0. The summed E-state index contributed by atoms with van der Waals surface area (Å²) in [6.07, 6.45) is 1.77. The Hall–Kier alpha value is -2.31. The second kappa shape index (κ2) is 7.07. The Labute approximate surface area is 146 Å². The highest BCUT2D eigenvalue weighted by molar-refractivity contribution is 6.34. The minimum atomic E-state index is -0.887. The van der Waals surface area contributed by atoms with E-state index in [-0.39, 0.29) is 19.4 Å². The van der Waals surface area contributed by atoms with E-state index >= 15 is 0 Å². The maximum atomic E-state index is 10.7. The number of fused-ring (bicyclic) bond motifs is 1. The van der Waals surface area contributed by atoms with Crippen LogP contribution in [-0.4, -0.2) is 21.2 Å². The van der Waals surface area contributed by atoms with Crippen LogP contribution in [0.25, 0.3) is 11.0 Å². The fourth-order valence-corrected chi connectivity index (χ4v) is 2.60. The molecule has 1 N–H and O–H groups in total. The molecular formula is C16H12Cl2N2O4. The van der Waals surface area contributed by atoms with E-state index < -0.39 is 5.97 Å². The van der Waals surface area contributed by atoms with Gasteiger partial charge in [-0.3, -0.25) is 9.78 Å². The standard InChI is InChI=1S/C16H12Cl2N2O4/c17-9-5-12(18)14(19-7-9)8-23-10-1-3-15-11(6-10)13(20-24-15)2-4-16(21)22/h1,3,5-7H,2,4,8H2,(H,21,22). The van der Waals surface area contributed by atoms with Gasteiger partial charge in [-0.2, -0.15) is 0 Å². The number of ether oxygens (including phenoxy) is 1. The highest BCUT2D eigenvalue weighted by Gasteiger charge is 2.12. The number of benzene rings is 1. The van der Waals surface area contributed by atoms with Crippen LogP contribution in [0.15, 0.2) is 35.0 Å². The van der Waals surface area contributed by atoms with Gasteiger partial charge in [0.15, 0.2) is 5.58 Å². The van der Waals surface area contributed by atoms with Gasteiger partial charge in [-0.15, -0.1) is 0 Å². The van der Waals surface area contributed by atoms with Crippen LogP contribution in [0.5, 0.6) is 5.75 Å². The normalized spacial score (nSPS) is 10.9. The molecule has 3 aromatic rings. The maximum Gasteiger partial charge on any atom is 0.303 e. The molecule has 8 heteroatoms. The smallest absolute Gasteiger partial charge is 0.303 e. The monoisotopic (exact) mass is 366 g/mol. The summed E-state index contributed by atoms with van der Waals surface area (Å²) in [5.41, 5.74) is 1.73. The molecule has 3 rings (SSSR count). The van der Waals surface area contributed by atoms with Crippen molar-refractivity contribution < 1.29 is 19.2 Å². The fraction of sp³-hybridized carbons (Fsp3) is 0.188. The minimum Gasteiger partial charge on any atom is -0.487 e. The van der Waals surface area contributed by atoms with E-state index in [0.29, 0.717) is 32.8 Å². The van der Waals surface area contributed by atoms with Crippen molar-refractivity contribution in [1.82, 2.24) is 10.1 Å². The van der Waals surface area contributed by atoms with E-state index in [1.165, 1.54) is 6.20 Å². The molecule has 0 aliphatic heterocycles. The first kappa shape index (κ1) is 16.5. The second-order valence-electron chi connectivity index (χ2n) is 5.05. The van der Waals surface area contributed by atoms with Gasteiger partial charge < -0.3 is 14.4 Å². The number of carboxylic acid groups (broad SMARTS) is 1. The van der Waals surface area contributed by atoms with Crippen molar-refractivity contribution in [2.24, 2.45) is 0 Å². The Morgan fingerprint density at radius 2 is 2.08 bits per heavy atom. The van der Waals surface area contributed by atoms with Crippen molar-refractivity contribution in [3.63, 3.8) is 0 Å². The van der Waals surface area contributed by atoms with Gasteiger partial charge in [0.25, 0.3) is 0 Å². The second-order valence-corrected chi connectivity index (χ2v) is 5.90. The summed E-state index contributed by atoms with van der Waals surface area (Å²) in [5.74, 6) is -0.308. The van der Waals surface area contributed by atoms with Gasteiger partial charge in [-0.1, -0.05) is 28.4 Å². The van der Waals surface area contributed by atoms with Crippen LogP contribution in [-0.2, 0) is 17.8 Å². The molecule has 2 heterocycles. The maximum absolute atomic E-state index is 10.7. The van der Waals surface area contributed by atoms with E-state index in [1.54, 1.807) is 24.3 Å². The topological polar surface area (TPSA) is 85.5 Å². The lowest BCUT2D eigenvalue weighted by atomic mass is 10.1. The molecule has 0 amide bonds. The number of halogens is 2. The molecule has 2 aromatic heterocycles. The zero-order valence-corrected chi connectivity index (χ0v) is 13.8. The molecule has 124 valence electrons. The number of aryl methyl sites for hydroxylation is 1. The van der Waals surface area contributed by atoms with Crippen LogP contribution in [0.2, 0.25) is 10.0 Å². The third-order valence-electron chi connectivity index (χ3n) is 3.35. The molecule has 0 saturated heterocycles. The highest BCUT2D eigenvalue weighted by Crippen LogP contribution is 2.26. The Morgan fingerprint density at radius 1 is 1.25 bits per heavy atom. The van der Waals surface area contributed by atoms with E-state index in [4.69, 9.17) is 37.6 Å². The highest BCUT2D eigenvalue weighted by atomic mass is 35.5. The Bertz CT molecular complexity index is 895. The van der Waals surface area contributed by atoms with Gasteiger partial charge in [0.05, 0.1) is 27.9 Å². The lowest BCUT2D eigenvalue weighted by molar-refractivity contribution is -0.136. The number of hydrogen-bond acceptors (Lipinski definition) is 5. The van der Waals surface area contributed by atoms with Crippen LogP contribution >= 0.6 is 23.2 Å². The predicted molar refractivity (Wildman–Crippen MR) is 88.6 cm³/mol. The molecule has 0 aliphatic rings. The first-order chi connectivity index (χ1) is 11.5. The summed E-state index contributed by atoms with van der Waals surface area (Å²) in [4.78, 5) is 14.8. The molecule has 0 atom stereocenters. The Morgan fingerprint density at radius 3 is 2.83 bits per heavy atom. The van der Waals surface area contributed by atoms with Crippen LogP contribution in [0.4, 0.5) is 0 Å². The molecule has 1 aromatic carbocycles. The Kier molecular flexibility index (Phi) is 4.87. The van der Waals surface area contributed by atoms with E-state index in [1.807, 2.05) is 0 Å². The number of carboxylic acids is 1. The van der Waals surface area contributed by atoms with Crippen molar-refractivity contribution in [2.75, 3.05) is 0 Å². The fourth-order valence-electron chi connectivity index (χ4n) is 2.16. The van der Waals surface area contributed by atoms with Crippen molar-refractivity contribution >= 4 is 40.1 Å². The number of pyridine rings is 1. The van der Waals surface area contributed by atoms with Gasteiger partial charge in [-0.05, 0) is 24.3 Å². The van der Waals surface area contributed by atoms with Gasteiger partial charge in [0.2, 0.25) is 0 Å². The molecule has 0 saturated carbocycles. The first-order valence-corrected chi connectivity index (χ1v) is 7.81. The van der Waals surface area contributed by atoms with Crippen molar-refractivity contribution in [2.45, 2.75) is 19.4 Å². The van der Waals surface area contributed by atoms with Crippen LogP contribution in [0.3, 0.4) is 0 Å². The quantitative estimate of drug-likeness (QED) is 0.705. The number of aliphatic carboxylic acids is 1. The molecule has 0 fully saturated rings. The molecule has 6 nitrogen and oxygen atoms in total. The first-order valence-electron chi connectivity index (χ1n) is 7.06. The van der Waals surface area contributed by atoms with E-state index in [9.17, 15) is 4.79 Å². The average molecular weight is 367 g/mol. The zero-order chi connectivity index (χ0) is 17.1. The number of carbonyl (C=O) groups is 1. The number of hydrogen-bond donors (Lipinski definition) is 1. The molecular weight excluding hydrogens is 355 g/mol. The summed E-state index contributed by atoms with van der Waals surface area (Å²) >= 11 is 11.9. The van der Waals surface area contributed by atoms with Gasteiger partial charge in [-0.25, -0.2) is 0 Å². The third-order valence-corrected chi connectivity index (χ3v) is 3.89. The van der Waals surface area contributed by atoms with Crippen LogP contribution in [0, 0.1) is 0 Å². The van der Waals surface area contributed by atoms with Crippen LogP contribution < -0.4 is 4.74 Å². The van der Waals surface area contributed by atoms with Crippen LogP contribution in [0.1, 0.15) is 17.8 Å². The van der Waals surface area contributed by atoms with E-state index in [0.717, 1.165) is 5.39 Å². The molecule has 0 unspecified atom stereocenters. The van der Waals surface area contributed by atoms with Gasteiger partial charge in [0, 0.05) is 18.0 Å². The third kappa shape index (κ3) is 3.77. The number of aromatic nitrogens is 2. The van der Waals surface area contributed by atoms with Gasteiger partial charge >= 0.3 is 5.97 Å². The predicted octanol–water partition coefficient (Wildman–Crippen LogP) is 4.13. The van der Waals surface area contributed by atoms with Crippen molar-refractivity contribution in [3.8, 4) is 5.75 Å². The lowest BCUT2D eigenvalue weighted by Gasteiger charge is -2.07. The lowest BCUT2D eigenvalue weighted by Crippen LogP contribution is -1.99. The number of nitrogens with zero attached hydrogens (tertiary/aromatic N) is 2. The SMILES string of the molecule is O=C(O)CCc1noc2ccc(OCc3ncc(Cl)cc3Cl)cc12. The molecule has 0 spiro atoms. The average Bonchev–Trinajstić information content (AvgIpc) is 2.94. The molecule has 0 bridgehead atoms. The van der Waals surface area contributed by atoms with Crippen molar-refractivity contribution in [1.29, 1.82) is 0 Å². The molecule has 24 heavy (non-hydrogen) atoms. The largest absolute Gasteiger partial charge is 0.487 e. The molecule has 0 radical (unpaired) electrons. The molecule has 0 aliphatic carbocycles. The summed E-state index contributed by atoms with van der Waals surface area (Å²) in [6, 6.07) is 6.81. The summed E-state index contributed by atoms with van der Waals surface area (Å²) < 4.78 is 10.9. The van der Waals surface area contributed by atoms with Crippen molar-refractivity contribution in [3.05, 3.63) is 51.9 Å². The summed E-state index contributed by atoms with van der Waals surface area (Å²) in [6.45, 7) is 0.178. The number of rotatable bonds is 6.